The number of ether oxygens (including phenoxy) is 1. The molecule has 0 atom stereocenters. The molecule has 0 aliphatic carbocycles. The second kappa shape index (κ2) is 6.05. The lowest BCUT2D eigenvalue weighted by molar-refractivity contribution is -0.145. The Morgan fingerprint density at radius 1 is 1.50 bits per heavy atom. The average molecular weight is 254 g/mol. The third-order valence-corrected chi connectivity index (χ3v) is 2.58. The molecule has 0 spiro atoms. The van der Waals surface area contributed by atoms with Gasteiger partial charge in [-0.1, -0.05) is 11.3 Å². The largest absolute Gasteiger partial charge is 0.391 e. The van der Waals surface area contributed by atoms with Gasteiger partial charge >= 0.3 is 6.18 Å². The predicted octanol–water partition coefficient (Wildman–Crippen LogP) is 3.04. The number of rotatable bonds is 6. The molecular formula is C9H13F3N2OS. The molecular weight excluding hydrogens is 241 g/mol. The van der Waals surface area contributed by atoms with E-state index in [4.69, 9.17) is 4.74 Å². The highest BCUT2D eigenvalue weighted by Gasteiger charge is 2.26. The molecule has 0 aliphatic heterocycles. The lowest BCUT2D eigenvalue weighted by Gasteiger charge is -2.05. The Labute approximate surface area is 95.6 Å². The number of aromatic nitrogens is 1. The van der Waals surface area contributed by atoms with E-state index in [9.17, 15) is 13.2 Å². The van der Waals surface area contributed by atoms with Crippen LogP contribution in [0.5, 0.6) is 0 Å². The summed E-state index contributed by atoms with van der Waals surface area (Å²) in [4.78, 5) is 4.86. The molecule has 1 rings (SSSR count). The van der Waals surface area contributed by atoms with Crippen molar-refractivity contribution in [3.63, 3.8) is 0 Å². The smallest absolute Gasteiger partial charge is 0.376 e. The van der Waals surface area contributed by atoms with Crippen LogP contribution in [0.25, 0.3) is 0 Å². The minimum atomic E-state index is -4.15. The van der Waals surface area contributed by atoms with Gasteiger partial charge in [-0.05, 0) is 6.92 Å². The second-order valence-corrected chi connectivity index (χ2v) is 4.20. The van der Waals surface area contributed by atoms with Crippen molar-refractivity contribution in [2.75, 3.05) is 18.5 Å². The van der Waals surface area contributed by atoms with Crippen molar-refractivity contribution in [3.8, 4) is 0 Å². The molecule has 0 saturated carbocycles. The third-order valence-electron chi connectivity index (χ3n) is 1.66. The fourth-order valence-electron chi connectivity index (χ4n) is 0.968. The van der Waals surface area contributed by atoms with E-state index < -0.39 is 12.6 Å². The van der Waals surface area contributed by atoms with Gasteiger partial charge in [0.2, 0.25) is 0 Å². The SMILES string of the molecule is CCNc1ncc(COCCC(F)(F)F)s1. The zero-order valence-electron chi connectivity index (χ0n) is 8.80. The van der Waals surface area contributed by atoms with Gasteiger partial charge in [-0.15, -0.1) is 0 Å². The normalized spacial score (nSPS) is 11.8. The van der Waals surface area contributed by atoms with Crippen LogP contribution < -0.4 is 5.32 Å². The van der Waals surface area contributed by atoms with E-state index in [0.717, 1.165) is 16.6 Å². The molecule has 7 heteroatoms. The highest BCUT2D eigenvalue weighted by molar-refractivity contribution is 7.15. The van der Waals surface area contributed by atoms with E-state index in [0.29, 0.717) is 0 Å². The summed E-state index contributed by atoms with van der Waals surface area (Å²) in [6.45, 7) is 2.58. The van der Waals surface area contributed by atoms with Crippen LogP contribution in [0.1, 0.15) is 18.2 Å². The highest BCUT2D eigenvalue weighted by Crippen LogP contribution is 2.21. The molecule has 3 nitrogen and oxygen atoms in total. The molecule has 1 heterocycles. The molecule has 0 bridgehead atoms. The van der Waals surface area contributed by atoms with E-state index in [1.165, 1.54) is 11.3 Å². The first-order chi connectivity index (χ1) is 7.51. The van der Waals surface area contributed by atoms with Gasteiger partial charge in [-0.3, -0.25) is 0 Å². The standard InChI is InChI=1S/C9H13F3N2OS/c1-2-13-8-14-5-7(16-8)6-15-4-3-9(10,11)12/h5H,2-4,6H2,1H3,(H,13,14). The Balaban J connectivity index is 2.21. The van der Waals surface area contributed by atoms with Crippen LogP contribution in [0.3, 0.4) is 0 Å². The summed E-state index contributed by atoms with van der Waals surface area (Å²) < 4.78 is 40.3. The van der Waals surface area contributed by atoms with Crippen molar-refractivity contribution < 1.29 is 17.9 Å². The zero-order valence-corrected chi connectivity index (χ0v) is 9.62. The lowest BCUT2D eigenvalue weighted by atomic mass is 10.4. The van der Waals surface area contributed by atoms with E-state index in [1.807, 2.05) is 6.92 Å². The molecule has 0 fully saturated rings. The number of anilines is 1. The Kier molecular flexibility index (Phi) is 5.01. The van der Waals surface area contributed by atoms with Gasteiger partial charge in [0.15, 0.2) is 5.13 Å². The van der Waals surface area contributed by atoms with Gasteiger partial charge < -0.3 is 10.1 Å². The maximum absolute atomic E-state index is 11.8. The van der Waals surface area contributed by atoms with Crippen LogP contribution in [0.15, 0.2) is 6.20 Å². The Hall–Kier alpha value is -0.820. The molecule has 1 aromatic rings. The van der Waals surface area contributed by atoms with Crippen molar-refractivity contribution >= 4 is 16.5 Å². The number of halogens is 3. The number of hydrogen-bond donors (Lipinski definition) is 1. The van der Waals surface area contributed by atoms with Crippen LogP contribution >= 0.6 is 11.3 Å². The molecule has 1 aromatic heterocycles. The van der Waals surface area contributed by atoms with E-state index in [1.54, 1.807) is 6.20 Å². The van der Waals surface area contributed by atoms with Crippen molar-refractivity contribution in [1.29, 1.82) is 0 Å². The number of nitrogens with one attached hydrogen (secondary N) is 1. The van der Waals surface area contributed by atoms with Gasteiger partial charge in [-0.2, -0.15) is 13.2 Å². The van der Waals surface area contributed by atoms with Gasteiger partial charge in [-0.25, -0.2) is 4.98 Å². The summed E-state index contributed by atoms with van der Waals surface area (Å²) in [7, 11) is 0. The molecule has 92 valence electrons. The summed E-state index contributed by atoms with van der Waals surface area (Å²) in [5.41, 5.74) is 0. The maximum Gasteiger partial charge on any atom is 0.391 e. The average Bonchev–Trinajstić information content (AvgIpc) is 2.60. The van der Waals surface area contributed by atoms with Crippen LogP contribution in [0, 0.1) is 0 Å². The first-order valence-electron chi connectivity index (χ1n) is 4.84. The minimum Gasteiger partial charge on any atom is -0.376 e. The fraction of sp³-hybridized carbons (Fsp3) is 0.667. The van der Waals surface area contributed by atoms with E-state index in [2.05, 4.69) is 10.3 Å². The summed E-state index contributed by atoms with van der Waals surface area (Å²) in [5.74, 6) is 0. The Morgan fingerprint density at radius 3 is 2.88 bits per heavy atom. The third kappa shape index (κ3) is 5.32. The molecule has 0 aliphatic rings. The summed E-state index contributed by atoms with van der Waals surface area (Å²) in [6.07, 6.45) is -3.45. The number of alkyl halides is 3. The van der Waals surface area contributed by atoms with E-state index >= 15 is 0 Å². The maximum atomic E-state index is 11.8. The fourth-order valence-corrected chi connectivity index (χ4v) is 1.79. The minimum absolute atomic E-state index is 0.180. The van der Waals surface area contributed by atoms with E-state index in [-0.39, 0.29) is 13.2 Å². The van der Waals surface area contributed by atoms with Crippen LogP contribution in [0.4, 0.5) is 18.3 Å². The molecule has 16 heavy (non-hydrogen) atoms. The van der Waals surface area contributed by atoms with Crippen molar-refractivity contribution in [2.24, 2.45) is 0 Å². The quantitative estimate of drug-likeness (QED) is 0.792. The zero-order chi connectivity index (χ0) is 12.0. The van der Waals surface area contributed by atoms with Crippen molar-refractivity contribution in [1.82, 2.24) is 4.98 Å². The molecule has 0 saturated heterocycles. The Bertz CT molecular complexity index is 314. The summed E-state index contributed by atoms with van der Waals surface area (Å²) in [6, 6.07) is 0. The van der Waals surface area contributed by atoms with Gasteiger partial charge in [0.25, 0.3) is 0 Å². The summed E-state index contributed by atoms with van der Waals surface area (Å²) in [5, 5.41) is 3.78. The molecule has 0 unspecified atom stereocenters. The number of thiazole rings is 1. The van der Waals surface area contributed by atoms with Crippen LogP contribution in [0.2, 0.25) is 0 Å². The predicted molar refractivity (Wildman–Crippen MR) is 56.6 cm³/mol. The molecule has 0 radical (unpaired) electrons. The van der Waals surface area contributed by atoms with Crippen molar-refractivity contribution in [3.05, 3.63) is 11.1 Å². The molecule has 0 amide bonds. The number of hydrogen-bond acceptors (Lipinski definition) is 4. The van der Waals surface area contributed by atoms with Gasteiger partial charge in [0.05, 0.1) is 24.5 Å². The van der Waals surface area contributed by atoms with Gasteiger partial charge in [0, 0.05) is 12.7 Å². The lowest BCUT2D eigenvalue weighted by Crippen LogP contribution is -2.11. The Morgan fingerprint density at radius 2 is 2.25 bits per heavy atom. The first kappa shape index (κ1) is 13.2. The first-order valence-corrected chi connectivity index (χ1v) is 5.66. The van der Waals surface area contributed by atoms with Gasteiger partial charge in [0.1, 0.15) is 0 Å². The molecule has 1 N–H and O–H groups in total. The monoisotopic (exact) mass is 254 g/mol. The highest BCUT2D eigenvalue weighted by atomic mass is 32.1. The van der Waals surface area contributed by atoms with Crippen molar-refractivity contribution in [2.45, 2.75) is 26.1 Å². The molecule has 0 aromatic carbocycles. The topological polar surface area (TPSA) is 34.2 Å². The number of nitrogens with zero attached hydrogens (tertiary/aromatic N) is 1. The van der Waals surface area contributed by atoms with Crippen LogP contribution in [-0.4, -0.2) is 24.3 Å². The summed E-state index contributed by atoms with van der Waals surface area (Å²) >= 11 is 1.39. The second-order valence-electron chi connectivity index (χ2n) is 3.08. The van der Waals surface area contributed by atoms with Crippen LogP contribution in [-0.2, 0) is 11.3 Å².